The lowest BCUT2D eigenvalue weighted by Crippen LogP contribution is -2.43. The molecule has 1 saturated heterocycles. The molecule has 2 aliphatic heterocycles. The SMILES string of the molecule is c1ccc2c(c1)OC1(CCCCNC1)c1ccsc1-2. The molecule has 1 fully saturated rings. The Balaban J connectivity index is 1.89. The van der Waals surface area contributed by atoms with Crippen LogP contribution in [0.4, 0.5) is 0 Å². The second-order valence-corrected chi connectivity index (χ2v) is 6.31. The van der Waals surface area contributed by atoms with E-state index >= 15 is 0 Å². The summed E-state index contributed by atoms with van der Waals surface area (Å²) in [6.45, 7) is 2.03. The Morgan fingerprint density at radius 3 is 3.11 bits per heavy atom. The fourth-order valence-electron chi connectivity index (χ4n) is 3.24. The maximum atomic E-state index is 6.47. The fraction of sp³-hybridized carbons (Fsp3) is 0.375. The van der Waals surface area contributed by atoms with Gasteiger partial charge in [-0.3, -0.25) is 0 Å². The third-order valence-electron chi connectivity index (χ3n) is 4.19. The first-order valence-electron chi connectivity index (χ1n) is 6.96. The number of hydrogen-bond donors (Lipinski definition) is 1. The minimum Gasteiger partial charge on any atom is -0.481 e. The zero-order chi connectivity index (χ0) is 12.7. The van der Waals surface area contributed by atoms with Gasteiger partial charge in [-0.05, 0) is 49.4 Å². The van der Waals surface area contributed by atoms with Crippen molar-refractivity contribution in [3.63, 3.8) is 0 Å². The molecule has 0 amide bonds. The highest BCUT2D eigenvalue weighted by Gasteiger charge is 2.41. The molecular weight excluding hydrogens is 254 g/mol. The molecule has 0 bridgehead atoms. The van der Waals surface area contributed by atoms with Crippen molar-refractivity contribution in [3.05, 3.63) is 41.3 Å². The zero-order valence-electron chi connectivity index (χ0n) is 10.8. The highest BCUT2D eigenvalue weighted by molar-refractivity contribution is 7.13. The van der Waals surface area contributed by atoms with E-state index in [2.05, 4.69) is 41.0 Å². The zero-order valence-corrected chi connectivity index (χ0v) is 11.6. The Kier molecular flexibility index (Phi) is 2.64. The van der Waals surface area contributed by atoms with E-state index in [0.29, 0.717) is 0 Å². The molecule has 98 valence electrons. The van der Waals surface area contributed by atoms with Crippen LogP contribution in [-0.4, -0.2) is 13.1 Å². The molecule has 0 saturated carbocycles. The molecule has 2 aromatic rings. The minimum absolute atomic E-state index is 0.153. The van der Waals surface area contributed by atoms with Crippen molar-refractivity contribution in [1.82, 2.24) is 5.32 Å². The largest absolute Gasteiger partial charge is 0.481 e. The molecule has 1 spiro atoms. The van der Waals surface area contributed by atoms with Gasteiger partial charge in [0.1, 0.15) is 11.4 Å². The first kappa shape index (κ1) is 11.5. The summed E-state index contributed by atoms with van der Waals surface area (Å²) in [5.74, 6) is 1.04. The number of hydrogen-bond acceptors (Lipinski definition) is 3. The predicted octanol–water partition coefficient (Wildman–Crippen LogP) is 3.78. The van der Waals surface area contributed by atoms with Gasteiger partial charge in [-0.15, -0.1) is 11.3 Å². The van der Waals surface area contributed by atoms with E-state index in [9.17, 15) is 0 Å². The third-order valence-corrected chi connectivity index (χ3v) is 5.14. The van der Waals surface area contributed by atoms with Gasteiger partial charge in [0.15, 0.2) is 0 Å². The highest BCUT2D eigenvalue weighted by atomic mass is 32.1. The van der Waals surface area contributed by atoms with Gasteiger partial charge < -0.3 is 10.1 Å². The van der Waals surface area contributed by atoms with Crippen molar-refractivity contribution in [1.29, 1.82) is 0 Å². The van der Waals surface area contributed by atoms with E-state index in [-0.39, 0.29) is 5.60 Å². The number of rotatable bonds is 0. The second-order valence-electron chi connectivity index (χ2n) is 5.39. The van der Waals surface area contributed by atoms with Crippen LogP contribution in [0.1, 0.15) is 24.8 Å². The standard InChI is InChI=1S/C16H17NOS/c1-2-6-14-12(5-1)15-13(7-10-19-15)16(18-14)8-3-4-9-17-11-16/h1-2,5-7,10,17H,3-4,8-9,11H2. The number of benzene rings is 1. The van der Waals surface area contributed by atoms with Crippen LogP contribution in [0.2, 0.25) is 0 Å². The summed E-state index contributed by atoms with van der Waals surface area (Å²) in [7, 11) is 0. The van der Waals surface area contributed by atoms with Crippen molar-refractivity contribution in [2.24, 2.45) is 0 Å². The minimum atomic E-state index is -0.153. The van der Waals surface area contributed by atoms with Gasteiger partial charge in [0.25, 0.3) is 0 Å². The van der Waals surface area contributed by atoms with Crippen LogP contribution in [0.25, 0.3) is 10.4 Å². The number of thiophene rings is 1. The molecule has 4 rings (SSSR count). The molecule has 0 aliphatic carbocycles. The molecule has 0 radical (unpaired) electrons. The molecule has 1 aromatic heterocycles. The van der Waals surface area contributed by atoms with Crippen LogP contribution in [0.15, 0.2) is 35.7 Å². The van der Waals surface area contributed by atoms with Crippen LogP contribution in [0, 0.1) is 0 Å². The maximum absolute atomic E-state index is 6.47. The summed E-state index contributed by atoms with van der Waals surface area (Å²) in [5, 5.41) is 5.75. The number of para-hydroxylation sites is 1. The van der Waals surface area contributed by atoms with E-state index in [1.165, 1.54) is 28.8 Å². The molecule has 1 N–H and O–H groups in total. The van der Waals surface area contributed by atoms with Crippen molar-refractivity contribution in [2.45, 2.75) is 24.9 Å². The molecule has 2 nitrogen and oxygen atoms in total. The van der Waals surface area contributed by atoms with Crippen molar-refractivity contribution in [3.8, 4) is 16.2 Å². The smallest absolute Gasteiger partial charge is 0.148 e. The molecule has 1 aromatic carbocycles. The molecule has 3 heterocycles. The third kappa shape index (κ3) is 1.72. The maximum Gasteiger partial charge on any atom is 0.148 e. The lowest BCUT2D eigenvalue weighted by Gasteiger charge is -2.38. The molecular formula is C16H17NOS. The van der Waals surface area contributed by atoms with Crippen LogP contribution in [0.5, 0.6) is 5.75 Å². The lowest BCUT2D eigenvalue weighted by atomic mass is 9.85. The van der Waals surface area contributed by atoms with Crippen molar-refractivity contribution >= 4 is 11.3 Å². The molecule has 2 aliphatic rings. The average Bonchev–Trinajstić information content (AvgIpc) is 2.83. The Hall–Kier alpha value is -1.32. The number of fused-ring (bicyclic) bond motifs is 4. The highest BCUT2D eigenvalue weighted by Crippen LogP contribution is 2.49. The van der Waals surface area contributed by atoms with Crippen LogP contribution in [-0.2, 0) is 5.60 Å². The van der Waals surface area contributed by atoms with Crippen LogP contribution < -0.4 is 10.1 Å². The molecule has 19 heavy (non-hydrogen) atoms. The topological polar surface area (TPSA) is 21.3 Å². The van der Waals surface area contributed by atoms with E-state index in [1.54, 1.807) is 0 Å². The summed E-state index contributed by atoms with van der Waals surface area (Å²) in [6.07, 6.45) is 3.58. The van der Waals surface area contributed by atoms with Crippen molar-refractivity contribution in [2.75, 3.05) is 13.1 Å². The summed E-state index contributed by atoms with van der Waals surface area (Å²) in [4.78, 5) is 1.39. The Morgan fingerprint density at radius 2 is 2.11 bits per heavy atom. The van der Waals surface area contributed by atoms with Gasteiger partial charge in [0, 0.05) is 22.5 Å². The number of nitrogens with one attached hydrogen (secondary N) is 1. The van der Waals surface area contributed by atoms with Crippen molar-refractivity contribution < 1.29 is 4.74 Å². The molecule has 1 unspecified atom stereocenters. The van der Waals surface area contributed by atoms with Gasteiger partial charge in [-0.2, -0.15) is 0 Å². The van der Waals surface area contributed by atoms with Crippen LogP contribution in [0.3, 0.4) is 0 Å². The quantitative estimate of drug-likeness (QED) is 0.787. The Morgan fingerprint density at radius 1 is 1.16 bits per heavy atom. The van der Waals surface area contributed by atoms with Gasteiger partial charge in [-0.1, -0.05) is 12.1 Å². The van der Waals surface area contributed by atoms with E-state index < -0.39 is 0 Å². The normalized spacial score (nSPS) is 25.3. The monoisotopic (exact) mass is 271 g/mol. The Bertz CT molecular complexity index is 596. The summed E-state index contributed by atoms with van der Waals surface area (Å²) < 4.78 is 6.47. The van der Waals surface area contributed by atoms with Gasteiger partial charge >= 0.3 is 0 Å². The molecule has 3 heteroatoms. The first-order valence-corrected chi connectivity index (χ1v) is 7.84. The Labute approximate surface area is 117 Å². The fourth-order valence-corrected chi connectivity index (χ4v) is 4.26. The first-order chi connectivity index (χ1) is 9.39. The second kappa shape index (κ2) is 4.36. The average molecular weight is 271 g/mol. The summed E-state index contributed by atoms with van der Waals surface area (Å²) in [5.41, 5.74) is 2.48. The van der Waals surface area contributed by atoms with E-state index in [1.807, 2.05) is 11.3 Å². The van der Waals surface area contributed by atoms with E-state index in [0.717, 1.165) is 25.3 Å². The molecule has 1 atom stereocenters. The van der Waals surface area contributed by atoms with Crippen LogP contribution >= 0.6 is 11.3 Å². The van der Waals surface area contributed by atoms with Gasteiger partial charge in [0.2, 0.25) is 0 Å². The summed E-state index contributed by atoms with van der Waals surface area (Å²) in [6, 6.07) is 10.7. The van der Waals surface area contributed by atoms with Gasteiger partial charge in [-0.25, -0.2) is 0 Å². The number of ether oxygens (including phenoxy) is 1. The predicted molar refractivity (Wildman–Crippen MR) is 78.8 cm³/mol. The van der Waals surface area contributed by atoms with E-state index in [4.69, 9.17) is 4.74 Å². The lowest BCUT2D eigenvalue weighted by molar-refractivity contribution is 0.0592. The van der Waals surface area contributed by atoms with Gasteiger partial charge in [0.05, 0.1) is 0 Å². The summed E-state index contributed by atoms with van der Waals surface area (Å²) >= 11 is 1.83.